The summed E-state index contributed by atoms with van der Waals surface area (Å²) < 4.78 is 5.72. The molecule has 0 aliphatic heterocycles. The maximum absolute atomic E-state index is 12.1. The zero-order valence-electron chi connectivity index (χ0n) is 14.3. The summed E-state index contributed by atoms with van der Waals surface area (Å²) in [6, 6.07) is 14.9. The predicted molar refractivity (Wildman–Crippen MR) is 95.8 cm³/mol. The number of hydrogen-bond acceptors (Lipinski definition) is 3. The molecule has 3 nitrogen and oxygen atoms in total. The Labute approximate surface area is 143 Å². The molecule has 0 fully saturated rings. The van der Waals surface area contributed by atoms with Crippen LogP contribution in [0.2, 0.25) is 0 Å². The molecule has 0 N–H and O–H groups in total. The van der Waals surface area contributed by atoms with Crippen LogP contribution >= 0.6 is 0 Å². The Bertz CT molecular complexity index is 656. The molecule has 0 heterocycles. The van der Waals surface area contributed by atoms with Crippen molar-refractivity contribution < 1.29 is 14.3 Å². The van der Waals surface area contributed by atoms with E-state index in [2.05, 4.69) is 6.92 Å². The fourth-order valence-electron chi connectivity index (χ4n) is 2.73. The Morgan fingerprint density at radius 3 is 2.08 bits per heavy atom. The van der Waals surface area contributed by atoms with E-state index >= 15 is 0 Å². The van der Waals surface area contributed by atoms with E-state index in [9.17, 15) is 9.59 Å². The van der Waals surface area contributed by atoms with Crippen LogP contribution in [0.25, 0.3) is 0 Å². The molecule has 0 spiro atoms. The lowest BCUT2D eigenvalue weighted by Gasteiger charge is -2.16. The highest BCUT2D eigenvalue weighted by Crippen LogP contribution is 2.27. The number of benzene rings is 2. The van der Waals surface area contributed by atoms with E-state index < -0.39 is 0 Å². The van der Waals surface area contributed by atoms with Crippen molar-refractivity contribution in [2.45, 2.75) is 39.0 Å². The molecule has 2 aromatic carbocycles. The van der Waals surface area contributed by atoms with Gasteiger partial charge in [0.25, 0.3) is 0 Å². The van der Waals surface area contributed by atoms with E-state index in [1.54, 1.807) is 19.1 Å². The molecule has 24 heavy (non-hydrogen) atoms. The van der Waals surface area contributed by atoms with Crippen LogP contribution in [-0.2, 0) is 4.79 Å². The number of unbranched alkanes of at least 4 members (excludes halogenated alkanes) is 2. The molecule has 0 saturated heterocycles. The van der Waals surface area contributed by atoms with Crippen LogP contribution in [0, 0.1) is 0 Å². The molecular weight excluding hydrogens is 300 g/mol. The minimum Gasteiger partial charge on any atom is -0.494 e. The maximum Gasteiger partial charge on any atom is 0.150 e. The third-order valence-electron chi connectivity index (χ3n) is 4.04. The summed E-state index contributed by atoms with van der Waals surface area (Å²) in [7, 11) is 0. The second-order valence-corrected chi connectivity index (χ2v) is 5.95. The van der Waals surface area contributed by atoms with Crippen LogP contribution in [0.5, 0.6) is 5.75 Å². The summed E-state index contributed by atoms with van der Waals surface area (Å²) in [6.45, 7) is 4.47. The Balaban J connectivity index is 2.13. The Morgan fingerprint density at radius 1 is 1.00 bits per heavy atom. The molecule has 2 aromatic rings. The largest absolute Gasteiger partial charge is 0.494 e. The fraction of sp³-hybridized carbons (Fsp3) is 0.333. The molecule has 0 aliphatic carbocycles. The average Bonchev–Trinajstić information content (AvgIpc) is 2.60. The van der Waals surface area contributed by atoms with Gasteiger partial charge < -0.3 is 4.74 Å². The summed E-state index contributed by atoms with van der Waals surface area (Å²) in [5, 5.41) is 0. The number of carbonyl (C=O) groups excluding carboxylic acids is 2. The van der Waals surface area contributed by atoms with Crippen LogP contribution in [0.3, 0.4) is 0 Å². The third kappa shape index (κ3) is 4.79. The Kier molecular flexibility index (Phi) is 6.74. The van der Waals surface area contributed by atoms with E-state index in [0.717, 1.165) is 36.2 Å². The van der Waals surface area contributed by atoms with Crippen LogP contribution < -0.4 is 4.74 Å². The topological polar surface area (TPSA) is 43.4 Å². The first-order valence-corrected chi connectivity index (χ1v) is 8.44. The van der Waals surface area contributed by atoms with Crippen molar-refractivity contribution in [3.63, 3.8) is 0 Å². The van der Waals surface area contributed by atoms with Crippen molar-refractivity contribution in [3.8, 4) is 5.75 Å². The van der Waals surface area contributed by atoms with Crippen molar-refractivity contribution in [3.05, 3.63) is 65.2 Å². The summed E-state index contributed by atoms with van der Waals surface area (Å²) >= 11 is 0. The van der Waals surface area contributed by atoms with Gasteiger partial charge in [-0.2, -0.15) is 0 Å². The Hall–Kier alpha value is -2.42. The number of ether oxygens (including phenoxy) is 1. The van der Waals surface area contributed by atoms with Crippen LogP contribution in [0.1, 0.15) is 60.5 Å². The first-order valence-electron chi connectivity index (χ1n) is 8.44. The number of ketones is 1. The van der Waals surface area contributed by atoms with Crippen molar-refractivity contribution in [1.29, 1.82) is 0 Å². The number of hydrogen-bond donors (Lipinski definition) is 0. The van der Waals surface area contributed by atoms with Crippen molar-refractivity contribution in [1.82, 2.24) is 0 Å². The molecule has 126 valence electrons. The predicted octanol–water partition coefficient (Wildman–Crippen LogP) is 4.79. The smallest absolute Gasteiger partial charge is 0.150 e. The molecule has 0 saturated carbocycles. The van der Waals surface area contributed by atoms with Crippen molar-refractivity contribution in [2.24, 2.45) is 0 Å². The van der Waals surface area contributed by atoms with Gasteiger partial charge in [-0.1, -0.05) is 56.2 Å². The molecule has 0 amide bonds. The summed E-state index contributed by atoms with van der Waals surface area (Å²) in [6.07, 6.45) is 4.20. The molecule has 1 unspecified atom stereocenters. The van der Waals surface area contributed by atoms with Crippen LogP contribution in [-0.4, -0.2) is 18.7 Å². The second-order valence-electron chi connectivity index (χ2n) is 5.95. The molecule has 0 radical (unpaired) electrons. The lowest BCUT2D eigenvalue weighted by atomic mass is 9.88. The van der Waals surface area contributed by atoms with Gasteiger partial charge >= 0.3 is 0 Å². The molecule has 0 aliphatic rings. The zero-order valence-corrected chi connectivity index (χ0v) is 14.3. The van der Waals surface area contributed by atoms with Gasteiger partial charge in [0.2, 0.25) is 0 Å². The highest BCUT2D eigenvalue weighted by molar-refractivity contribution is 5.87. The maximum atomic E-state index is 12.1. The van der Waals surface area contributed by atoms with E-state index in [1.807, 2.05) is 36.4 Å². The average molecular weight is 324 g/mol. The van der Waals surface area contributed by atoms with E-state index in [4.69, 9.17) is 4.74 Å². The van der Waals surface area contributed by atoms with Gasteiger partial charge in [0.05, 0.1) is 12.5 Å². The number of rotatable bonds is 9. The van der Waals surface area contributed by atoms with Gasteiger partial charge in [0.15, 0.2) is 0 Å². The molecule has 3 heteroatoms. The molecule has 1 atom stereocenters. The summed E-state index contributed by atoms with van der Waals surface area (Å²) in [4.78, 5) is 22.9. The molecular formula is C21H24O3. The van der Waals surface area contributed by atoms with Gasteiger partial charge in [-0.15, -0.1) is 0 Å². The molecule has 0 aromatic heterocycles. The standard InChI is InChI=1S/C21H24O3/c1-3-4-5-14-24-20-12-10-19(11-13-20)21(16(2)23)18-8-6-17(15-22)7-9-18/h6-13,15,21H,3-5,14H2,1-2H3. The van der Waals surface area contributed by atoms with Gasteiger partial charge in [-0.25, -0.2) is 0 Å². The highest BCUT2D eigenvalue weighted by atomic mass is 16.5. The van der Waals surface area contributed by atoms with E-state index in [0.29, 0.717) is 5.56 Å². The first-order chi connectivity index (χ1) is 11.7. The summed E-state index contributed by atoms with van der Waals surface area (Å²) in [5.41, 5.74) is 2.43. The number of Topliss-reactive ketones (excluding diaryl/α,β-unsaturated/α-hetero) is 1. The van der Waals surface area contributed by atoms with E-state index in [1.165, 1.54) is 12.8 Å². The minimum absolute atomic E-state index is 0.0745. The van der Waals surface area contributed by atoms with Crippen LogP contribution in [0.4, 0.5) is 0 Å². The Morgan fingerprint density at radius 2 is 1.58 bits per heavy atom. The first kappa shape index (κ1) is 17.9. The zero-order chi connectivity index (χ0) is 17.4. The van der Waals surface area contributed by atoms with Gasteiger partial charge in [0, 0.05) is 5.56 Å². The van der Waals surface area contributed by atoms with Crippen LogP contribution in [0.15, 0.2) is 48.5 Å². The van der Waals surface area contributed by atoms with Gasteiger partial charge in [-0.05, 0) is 36.6 Å². The second kappa shape index (κ2) is 9.02. The number of aldehydes is 1. The lowest BCUT2D eigenvalue weighted by molar-refractivity contribution is -0.117. The fourth-order valence-corrected chi connectivity index (χ4v) is 2.73. The summed E-state index contributed by atoms with van der Waals surface area (Å²) in [5.74, 6) is 0.582. The minimum atomic E-state index is -0.320. The normalized spacial score (nSPS) is 11.8. The quantitative estimate of drug-likeness (QED) is 0.492. The SMILES string of the molecule is CCCCCOc1ccc(C(C(C)=O)c2ccc(C=O)cc2)cc1. The van der Waals surface area contributed by atoms with Gasteiger partial charge in [0.1, 0.15) is 17.8 Å². The lowest BCUT2D eigenvalue weighted by Crippen LogP contribution is -2.10. The van der Waals surface area contributed by atoms with Crippen molar-refractivity contribution in [2.75, 3.05) is 6.61 Å². The molecule has 0 bridgehead atoms. The highest BCUT2D eigenvalue weighted by Gasteiger charge is 2.19. The molecule has 2 rings (SSSR count). The number of carbonyl (C=O) groups is 2. The monoisotopic (exact) mass is 324 g/mol. The van der Waals surface area contributed by atoms with Crippen molar-refractivity contribution >= 4 is 12.1 Å². The van der Waals surface area contributed by atoms with Gasteiger partial charge in [-0.3, -0.25) is 9.59 Å². The van der Waals surface area contributed by atoms with E-state index in [-0.39, 0.29) is 11.7 Å². The third-order valence-corrected chi connectivity index (χ3v) is 4.04.